The molecule has 0 amide bonds. The van der Waals surface area contributed by atoms with Gasteiger partial charge in [0.15, 0.2) is 0 Å². The number of aromatic carboxylic acids is 1. The summed E-state index contributed by atoms with van der Waals surface area (Å²) in [5.74, 6) is -0.196. The molecule has 0 fully saturated rings. The van der Waals surface area contributed by atoms with Crippen LogP contribution < -0.4 is 33.4 Å². The van der Waals surface area contributed by atoms with E-state index in [4.69, 9.17) is 21.3 Å². The first-order valence-corrected chi connectivity index (χ1v) is 12.3. The van der Waals surface area contributed by atoms with Crippen molar-refractivity contribution in [2.24, 2.45) is 28.7 Å². The lowest BCUT2D eigenvalue weighted by Crippen LogP contribution is -2.27. The van der Waals surface area contributed by atoms with Gasteiger partial charge in [-0.05, 0) is 81.7 Å². The van der Waals surface area contributed by atoms with E-state index in [9.17, 15) is 9.90 Å². The fourth-order valence-electron chi connectivity index (χ4n) is 4.08. The summed E-state index contributed by atoms with van der Waals surface area (Å²) < 4.78 is 5.88. The second kappa shape index (κ2) is 20.6. The summed E-state index contributed by atoms with van der Waals surface area (Å²) >= 11 is 0. The highest BCUT2D eigenvalue weighted by molar-refractivity contribution is 5.89. The van der Waals surface area contributed by atoms with Crippen LogP contribution in [0, 0.1) is 0 Å². The molecule has 0 aliphatic heterocycles. The maximum Gasteiger partial charge on any atom is 0.336 e. The molecule has 0 bridgehead atoms. The Morgan fingerprint density at radius 1 is 0.833 bits per heavy atom. The number of aliphatic hydroxyl groups is 1. The zero-order valence-electron chi connectivity index (χ0n) is 22.7. The minimum Gasteiger partial charge on any atom is -0.493 e. The number of carboxylic acids is 1. The van der Waals surface area contributed by atoms with Crippen molar-refractivity contribution in [1.82, 2.24) is 0 Å². The summed E-state index contributed by atoms with van der Waals surface area (Å²) in [5, 5.41) is 18.3. The van der Waals surface area contributed by atoms with Crippen molar-refractivity contribution in [3.8, 4) is 5.75 Å². The van der Waals surface area contributed by atoms with Gasteiger partial charge in [-0.3, -0.25) is 0 Å². The van der Waals surface area contributed by atoms with E-state index in [1.165, 1.54) is 21.1 Å². The number of nitrogens with two attached hydrogens (primary N) is 5. The summed E-state index contributed by atoms with van der Waals surface area (Å²) in [5.41, 5.74) is 29.1. The molecule has 0 aliphatic rings. The molecule has 9 nitrogen and oxygen atoms in total. The third-order valence-electron chi connectivity index (χ3n) is 5.96. The van der Waals surface area contributed by atoms with E-state index in [0.717, 1.165) is 41.7 Å². The Morgan fingerprint density at radius 2 is 1.33 bits per heavy atom. The molecular formula is C27H49N5O4. The van der Waals surface area contributed by atoms with Crippen molar-refractivity contribution < 1.29 is 19.7 Å². The number of benzene rings is 2. The van der Waals surface area contributed by atoms with Crippen molar-refractivity contribution in [1.29, 1.82) is 0 Å². The number of carboxylic acid groups (broad SMARTS) is 1. The Balaban J connectivity index is 0. The molecule has 0 aromatic heterocycles. The number of aliphatic hydroxyl groups excluding tert-OH is 1. The average Bonchev–Trinajstić information content (AvgIpc) is 2.95. The highest BCUT2D eigenvalue weighted by Crippen LogP contribution is 2.41. The molecule has 9 heteroatoms. The summed E-state index contributed by atoms with van der Waals surface area (Å²) in [6, 6.07) is 11.6. The molecular weight excluding hydrogens is 458 g/mol. The van der Waals surface area contributed by atoms with Crippen LogP contribution in [-0.4, -0.2) is 50.5 Å². The normalized spacial score (nSPS) is 10.1. The van der Waals surface area contributed by atoms with Crippen LogP contribution in [0.5, 0.6) is 5.75 Å². The van der Waals surface area contributed by atoms with Crippen molar-refractivity contribution in [3.05, 3.63) is 64.2 Å². The minimum absolute atomic E-state index is 0.160. The first-order chi connectivity index (χ1) is 17.5. The summed E-state index contributed by atoms with van der Waals surface area (Å²) in [6.45, 7) is 5.51. The van der Waals surface area contributed by atoms with E-state index in [1.807, 2.05) is 18.2 Å². The van der Waals surface area contributed by atoms with Gasteiger partial charge in [0, 0.05) is 30.7 Å². The summed E-state index contributed by atoms with van der Waals surface area (Å²) in [4.78, 5) is 11.5. The van der Waals surface area contributed by atoms with Crippen LogP contribution in [0.15, 0.2) is 36.4 Å². The topological polar surface area (TPSA) is 197 Å². The predicted octanol–water partition coefficient (Wildman–Crippen LogP) is 2.28. The predicted molar refractivity (Wildman–Crippen MR) is 149 cm³/mol. The lowest BCUT2D eigenvalue weighted by molar-refractivity contribution is 0.0695. The van der Waals surface area contributed by atoms with Gasteiger partial charge >= 0.3 is 5.97 Å². The van der Waals surface area contributed by atoms with Gasteiger partial charge in [-0.25, -0.2) is 4.79 Å². The maximum atomic E-state index is 11.5. The number of carbonyl (C=O) groups is 1. The Bertz CT molecular complexity index is 858. The summed E-state index contributed by atoms with van der Waals surface area (Å²) in [6.07, 6.45) is 3.19. The van der Waals surface area contributed by atoms with Gasteiger partial charge in [-0.2, -0.15) is 0 Å². The van der Waals surface area contributed by atoms with Crippen LogP contribution in [0.1, 0.15) is 72.1 Å². The SMILES string of the molecule is CCC(CC)(c1ccc(OCCCCO)c(CN)c1)c1ccc(C(=O)O)c(CN)c1.CN.CN.CN. The standard InChI is InChI=1S/C24H34N2O4.3CH5N/c1-3-24(4-2,19-7-9-21(23(28)29)17(13-19)15-25)20-8-10-22(18(14-20)16-26)30-12-6-5-11-27;3*1-2/h7-10,13-14,27H,3-6,11-12,15-16,25-26H2,1-2H3,(H,28,29);3*2H2,1H3. The Kier molecular flexibility index (Phi) is 20.4. The van der Waals surface area contributed by atoms with Gasteiger partial charge in [0.1, 0.15) is 5.75 Å². The molecule has 0 radical (unpaired) electrons. The molecule has 0 aliphatic carbocycles. The quantitative estimate of drug-likeness (QED) is 0.211. The Labute approximate surface area is 217 Å². The molecule has 0 spiro atoms. The van der Waals surface area contributed by atoms with Gasteiger partial charge in [-0.1, -0.05) is 32.0 Å². The third kappa shape index (κ3) is 9.50. The van der Waals surface area contributed by atoms with Crippen LogP contribution in [0.2, 0.25) is 0 Å². The van der Waals surface area contributed by atoms with Gasteiger partial charge in [0.05, 0.1) is 12.2 Å². The molecule has 0 saturated heterocycles. The highest BCUT2D eigenvalue weighted by Gasteiger charge is 2.32. The molecule has 2 aromatic carbocycles. The number of hydrogen-bond donors (Lipinski definition) is 7. The van der Waals surface area contributed by atoms with E-state index in [2.05, 4.69) is 43.2 Å². The molecule has 12 N–H and O–H groups in total. The lowest BCUT2D eigenvalue weighted by atomic mass is 9.69. The Morgan fingerprint density at radius 3 is 1.78 bits per heavy atom. The van der Waals surface area contributed by atoms with Crippen molar-refractivity contribution in [2.45, 2.75) is 58.0 Å². The van der Waals surface area contributed by atoms with E-state index >= 15 is 0 Å². The van der Waals surface area contributed by atoms with Crippen molar-refractivity contribution in [3.63, 3.8) is 0 Å². The monoisotopic (exact) mass is 507 g/mol. The van der Waals surface area contributed by atoms with E-state index in [1.54, 1.807) is 6.07 Å². The molecule has 206 valence electrons. The molecule has 36 heavy (non-hydrogen) atoms. The fourth-order valence-corrected chi connectivity index (χ4v) is 4.08. The van der Waals surface area contributed by atoms with Crippen molar-refractivity contribution in [2.75, 3.05) is 34.4 Å². The zero-order valence-corrected chi connectivity index (χ0v) is 22.7. The molecule has 0 unspecified atom stereocenters. The molecule has 2 rings (SSSR count). The minimum atomic E-state index is -0.964. The molecule has 0 saturated carbocycles. The lowest BCUT2D eigenvalue weighted by Gasteiger charge is -2.34. The molecule has 0 heterocycles. The van der Waals surface area contributed by atoms with Crippen LogP contribution >= 0.6 is 0 Å². The van der Waals surface area contributed by atoms with Crippen LogP contribution in [-0.2, 0) is 18.5 Å². The Hall–Kier alpha value is -2.53. The number of unbranched alkanes of at least 4 members (excludes halogenated alkanes) is 1. The zero-order chi connectivity index (χ0) is 28.1. The average molecular weight is 508 g/mol. The number of hydrogen-bond acceptors (Lipinski definition) is 8. The van der Waals surface area contributed by atoms with Crippen LogP contribution in [0.3, 0.4) is 0 Å². The molecule has 0 atom stereocenters. The first kappa shape index (κ1) is 35.6. The second-order valence-corrected chi connectivity index (χ2v) is 7.48. The van der Waals surface area contributed by atoms with Crippen molar-refractivity contribution >= 4 is 5.97 Å². The van der Waals surface area contributed by atoms with E-state index in [0.29, 0.717) is 25.1 Å². The summed E-state index contributed by atoms with van der Waals surface area (Å²) in [7, 11) is 4.50. The third-order valence-corrected chi connectivity index (χ3v) is 5.96. The maximum absolute atomic E-state index is 11.5. The van der Waals surface area contributed by atoms with E-state index < -0.39 is 5.97 Å². The highest BCUT2D eigenvalue weighted by atomic mass is 16.5. The van der Waals surface area contributed by atoms with E-state index in [-0.39, 0.29) is 24.1 Å². The first-order valence-electron chi connectivity index (χ1n) is 12.3. The van der Waals surface area contributed by atoms with Crippen LogP contribution in [0.25, 0.3) is 0 Å². The largest absolute Gasteiger partial charge is 0.493 e. The number of rotatable bonds is 12. The van der Waals surface area contributed by atoms with Gasteiger partial charge in [-0.15, -0.1) is 0 Å². The number of ether oxygens (including phenoxy) is 1. The second-order valence-electron chi connectivity index (χ2n) is 7.48. The van der Waals surface area contributed by atoms with Gasteiger partial charge in [0.25, 0.3) is 0 Å². The fraction of sp³-hybridized carbons (Fsp3) is 0.519. The van der Waals surface area contributed by atoms with Crippen LogP contribution in [0.4, 0.5) is 0 Å². The van der Waals surface area contributed by atoms with Gasteiger partial charge in [0.2, 0.25) is 0 Å². The smallest absolute Gasteiger partial charge is 0.336 e. The molecule has 2 aromatic rings. The van der Waals surface area contributed by atoms with Gasteiger partial charge < -0.3 is 43.6 Å².